The van der Waals surface area contributed by atoms with Crippen LogP contribution in [0.4, 0.5) is 0 Å². The minimum Gasteiger partial charge on any atom is -0.479 e. The summed E-state index contributed by atoms with van der Waals surface area (Å²) in [5.41, 5.74) is 4.82. The van der Waals surface area contributed by atoms with Gasteiger partial charge in [0.2, 0.25) is 0 Å². The maximum Gasteiger partial charge on any atom is 0.330 e. The van der Waals surface area contributed by atoms with Gasteiger partial charge in [-0.2, -0.15) is 0 Å². The molecule has 1 aromatic heterocycles. The number of carbonyl (C=O) groups is 2. The predicted molar refractivity (Wildman–Crippen MR) is 107 cm³/mol. The Labute approximate surface area is 162 Å². The van der Waals surface area contributed by atoms with Crippen LogP contribution in [0.15, 0.2) is 42.5 Å². The fraction of sp³-hybridized carbons (Fsp3) is 0.304. The number of benzene rings is 2. The molecule has 0 radical (unpaired) electrons. The molecular formula is C23H22N2O3. The normalized spacial score (nSPS) is 17.1. The van der Waals surface area contributed by atoms with Crippen LogP contribution in [0.1, 0.15) is 45.6 Å². The lowest BCUT2D eigenvalue weighted by Crippen LogP contribution is -2.55. The summed E-state index contributed by atoms with van der Waals surface area (Å²) in [5.74, 6) is -1.32. The van der Waals surface area contributed by atoms with E-state index < -0.39 is 11.5 Å². The van der Waals surface area contributed by atoms with Crippen molar-refractivity contribution in [2.75, 3.05) is 0 Å². The fourth-order valence-corrected chi connectivity index (χ4v) is 4.74. The van der Waals surface area contributed by atoms with Crippen LogP contribution in [0.3, 0.4) is 0 Å². The molecule has 0 saturated carbocycles. The summed E-state index contributed by atoms with van der Waals surface area (Å²) in [5, 5.41) is 13.8. The molecule has 5 rings (SSSR count). The minimum atomic E-state index is -1.28. The van der Waals surface area contributed by atoms with Crippen molar-refractivity contribution >= 4 is 22.8 Å². The Morgan fingerprint density at radius 2 is 1.71 bits per heavy atom. The molecule has 5 nitrogen and oxygen atoms in total. The van der Waals surface area contributed by atoms with E-state index in [0.717, 1.165) is 41.3 Å². The highest BCUT2D eigenvalue weighted by Gasteiger charge is 2.45. The van der Waals surface area contributed by atoms with Gasteiger partial charge in [-0.05, 0) is 60.6 Å². The summed E-state index contributed by atoms with van der Waals surface area (Å²) in [7, 11) is 0. The number of aryl methyl sites for hydroxylation is 2. The number of hydrogen-bond donors (Lipinski definition) is 3. The number of H-pyrrole nitrogens is 1. The second kappa shape index (κ2) is 6.23. The van der Waals surface area contributed by atoms with Gasteiger partial charge >= 0.3 is 5.97 Å². The van der Waals surface area contributed by atoms with E-state index >= 15 is 0 Å². The Kier molecular flexibility index (Phi) is 3.79. The van der Waals surface area contributed by atoms with Gasteiger partial charge in [0.05, 0.1) is 0 Å². The minimum absolute atomic E-state index is 0.312. The Hall–Kier alpha value is -3.08. The molecular weight excluding hydrogens is 352 g/mol. The molecule has 0 aliphatic heterocycles. The number of nitrogens with one attached hydrogen (secondary N) is 2. The molecule has 1 heterocycles. The van der Waals surface area contributed by atoms with Crippen molar-refractivity contribution in [3.05, 3.63) is 70.4 Å². The van der Waals surface area contributed by atoms with Gasteiger partial charge in [-0.3, -0.25) is 4.79 Å². The first-order chi connectivity index (χ1) is 13.6. The van der Waals surface area contributed by atoms with Crippen LogP contribution in [0.25, 0.3) is 10.9 Å². The number of aromatic nitrogens is 1. The van der Waals surface area contributed by atoms with E-state index in [2.05, 4.69) is 10.3 Å². The van der Waals surface area contributed by atoms with Crippen molar-refractivity contribution in [2.24, 2.45) is 0 Å². The van der Waals surface area contributed by atoms with E-state index in [4.69, 9.17) is 0 Å². The number of carboxylic acid groups (broad SMARTS) is 1. The van der Waals surface area contributed by atoms with E-state index in [1.807, 2.05) is 36.4 Å². The average molecular weight is 374 g/mol. The third-order valence-corrected chi connectivity index (χ3v) is 6.23. The fourth-order valence-electron chi connectivity index (χ4n) is 4.74. The van der Waals surface area contributed by atoms with E-state index in [9.17, 15) is 14.7 Å². The standard InChI is InChI=1S/C23H22N2O3/c26-21(25-23(22(27)28)12-15-5-1-2-6-16(15)13-23)14-9-10-20-18(11-14)17-7-3-4-8-19(17)24-20/h1-2,5-6,9-11,24H,3-4,7-8,12-13H2,(H,25,26)(H,27,28). The van der Waals surface area contributed by atoms with Gasteiger partial charge in [0.25, 0.3) is 5.91 Å². The van der Waals surface area contributed by atoms with Crippen molar-refractivity contribution in [1.29, 1.82) is 0 Å². The lowest BCUT2D eigenvalue weighted by molar-refractivity contribution is -0.144. The van der Waals surface area contributed by atoms with Crippen LogP contribution in [0.5, 0.6) is 0 Å². The lowest BCUT2D eigenvalue weighted by Gasteiger charge is -2.25. The van der Waals surface area contributed by atoms with Gasteiger partial charge < -0.3 is 15.4 Å². The summed E-state index contributed by atoms with van der Waals surface area (Å²) in [6, 6.07) is 13.3. The van der Waals surface area contributed by atoms with Crippen molar-refractivity contribution in [2.45, 2.75) is 44.1 Å². The van der Waals surface area contributed by atoms with Crippen molar-refractivity contribution in [1.82, 2.24) is 10.3 Å². The zero-order valence-electron chi connectivity index (χ0n) is 15.5. The second-order valence-electron chi connectivity index (χ2n) is 8.01. The molecule has 0 spiro atoms. The molecule has 3 N–H and O–H groups in total. The molecule has 5 heteroatoms. The number of fused-ring (bicyclic) bond motifs is 4. The summed E-state index contributed by atoms with van der Waals surface area (Å²) in [6.07, 6.45) is 5.05. The molecule has 0 atom stereocenters. The Bertz CT molecular complexity index is 1090. The van der Waals surface area contributed by atoms with Crippen LogP contribution < -0.4 is 5.32 Å². The molecule has 142 valence electrons. The van der Waals surface area contributed by atoms with E-state index in [1.54, 1.807) is 6.07 Å². The first-order valence-corrected chi connectivity index (χ1v) is 9.82. The first kappa shape index (κ1) is 17.0. The first-order valence-electron chi connectivity index (χ1n) is 9.82. The summed E-state index contributed by atoms with van der Waals surface area (Å²) >= 11 is 0. The number of aromatic amines is 1. The molecule has 2 aliphatic carbocycles. The van der Waals surface area contributed by atoms with E-state index in [1.165, 1.54) is 17.7 Å². The maximum atomic E-state index is 13.0. The smallest absolute Gasteiger partial charge is 0.330 e. The molecule has 28 heavy (non-hydrogen) atoms. The van der Waals surface area contributed by atoms with Crippen LogP contribution in [0, 0.1) is 0 Å². The van der Waals surface area contributed by atoms with Gasteiger partial charge in [-0.15, -0.1) is 0 Å². The second-order valence-corrected chi connectivity index (χ2v) is 8.01. The van der Waals surface area contributed by atoms with Gasteiger partial charge in [0, 0.05) is 35.0 Å². The zero-order chi connectivity index (χ0) is 19.3. The van der Waals surface area contributed by atoms with Crippen LogP contribution in [0.2, 0.25) is 0 Å². The monoisotopic (exact) mass is 374 g/mol. The van der Waals surface area contributed by atoms with Gasteiger partial charge in [0.15, 0.2) is 0 Å². The third kappa shape index (κ3) is 2.61. The highest BCUT2D eigenvalue weighted by molar-refractivity contribution is 6.01. The molecule has 2 aromatic carbocycles. The zero-order valence-corrected chi connectivity index (χ0v) is 15.5. The number of carbonyl (C=O) groups excluding carboxylic acids is 1. The Morgan fingerprint density at radius 3 is 2.43 bits per heavy atom. The molecule has 0 unspecified atom stereocenters. The van der Waals surface area contributed by atoms with Gasteiger partial charge in [-0.1, -0.05) is 24.3 Å². The number of aliphatic carboxylic acids is 1. The molecule has 3 aromatic rings. The predicted octanol–water partition coefficient (Wildman–Crippen LogP) is 3.40. The molecule has 0 saturated heterocycles. The number of amides is 1. The quantitative estimate of drug-likeness (QED) is 0.657. The summed E-state index contributed by atoms with van der Waals surface area (Å²) in [4.78, 5) is 28.6. The highest BCUT2D eigenvalue weighted by Crippen LogP contribution is 2.32. The van der Waals surface area contributed by atoms with Crippen LogP contribution in [-0.4, -0.2) is 27.5 Å². The van der Waals surface area contributed by atoms with E-state index in [0.29, 0.717) is 18.4 Å². The Morgan fingerprint density at radius 1 is 1.00 bits per heavy atom. The SMILES string of the molecule is O=C(NC1(C(=O)O)Cc2ccccc2C1)c1ccc2[nH]c3c(c2c1)CCCC3. The van der Waals surface area contributed by atoms with Gasteiger partial charge in [-0.25, -0.2) is 4.79 Å². The van der Waals surface area contributed by atoms with Crippen LogP contribution in [-0.2, 0) is 30.5 Å². The van der Waals surface area contributed by atoms with Crippen molar-refractivity contribution in [3.8, 4) is 0 Å². The maximum absolute atomic E-state index is 13.0. The summed E-state index contributed by atoms with van der Waals surface area (Å²) in [6.45, 7) is 0. The number of carboxylic acids is 1. The molecule has 1 amide bonds. The van der Waals surface area contributed by atoms with E-state index in [-0.39, 0.29) is 5.91 Å². The molecule has 2 aliphatic rings. The topological polar surface area (TPSA) is 82.2 Å². The lowest BCUT2D eigenvalue weighted by atomic mass is 9.94. The molecule has 0 fully saturated rings. The van der Waals surface area contributed by atoms with Crippen molar-refractivity contribution < 1.29 is 14.7 Å². The highest BCUT2D eigenvalue weighted by atomic mass is 16.4. The van der Waals surface area contributed by atoms with Gasteiger partial charge in [0.1, 0.15) is 5.54 Å². The molecule has 0 bridgehead atoms. The average Bonchev–Trinajstić information content (AvgIpc) is 3.26. The third-order valence-electron chi connectivity index (χ3n) is 6.23. The van der Waals surface area contributed by atoms with Crippen molar-refractivity contribution in [3.63, 3.8) is 0 Å². The largest absolute Gasteiger partial charge is 0.479 e. The Balaban J connectivity index is 1.47. The number of rotatable bonds is 3. The summed E-state index contributed by atoms with van der Waals surface area (Å²) < 4.78 is 0. The number of hydrogen-bond acceptors (Lipinski definition) is 2. The van der Waals surface area contributed by atoms with Crippen LogP contribution >= 0.6 is 0 Å².